The number of ether oxygens (including phenoxy) is 1. The Morgan fingerprint density at radius 2 is 2.06 bits per heavy atom. The summed E-state index contributed by atoms with van der Waals surface area (Å²) in [5.74, 6) is 1.63. The van der Waals surface area contributed by atoms with Crippen LogP contribution >= 0.6 is 0 Å². The first-order chi connectivity index (χ1) is 7.88. The van der Waals surface area contributed by atoms with Gasteiger partial charge in [-0.3, -0.25) is 0 Å². The fourth-order valence-electron chi connectivity index (χ4n) is 1.42. The molecule has 3 heteroatoms. The number of hydrogen-bond donors (Lipinski definition) is 1. The van der Waals surface area contributed by atoms with Gasteiger partial charge in [0.2, 0.25) is 0 Å². The normalized spacial score (nSPS) is 12.4. The van der Waals surface area contributed by atoms with Crippen LogP contribution in [0.15, 0.2) is 16.7 Å². The minimum atomic E-state index is -0.111. The lowest BCUT2D eigenvalue weighted by molar-refractivity contribution is -0.0155. The van der Waals surface area contributed by atoms with Gasteiger partial charge < -0.3 is 14.5 Å². The van der Waals surface area contributed by atoms with Gasteiger partial charge in [-0.1, -0.05) is 13.8 Å². The second kappa shape index (κ2) is 6.22. The van der Waals surface area contributed by atoms with E-state index >= 15 is 0 Å². The predicted molar refractivity (Wildman–Crippen MR) is 69.8 cm³/mol. The van der Waals surface area contributed by atoms with Crippen LogP contribution in [-0.4, -0.2) is 12.1 Å². The highest BCUT2D eigenvalue weighted by Crippen LogP contribution is 2.16. The Hall–Kier alpha value is -0.800. The molecule has 0 unspecified atom stereocenters. The smallest absolute Gasteiger partial charge is 0.123 e. The summed E-state index contributed by atoms with van der Waals surface area (Å²) in [5, 5.41) is 3.38. The molecule has 98 valence electrons. The molecular weight excluding hydrogens is 214 g/mol. The van der Waals surface area contributed by atoms with Gasteiger partial charge in [0.1, 0.15) is 5.76 Å². The Bertz CT molecular complexity index is 323. The van der Waals surface area contributed by atoms with Crippen molar-refractivity contribution in [1.29, 1.82) is 0 Å². The summed E-state index contributed by atoms with van der Waals surface area (Å²) < 4.78 is 11.2. The van der Waals surface area contributed by atoms with Gasteiger partial charge >= 0.3 is 0 Å². The number of hydrogen-bond acceptors (Lipinski definition) is 3. The molecule has 0 atom stereocenters. The number of rotatable bonds is 6. The molecule has 0 aliphatic heterocycles. The Kier molecular flexibility index (Phi) is 5.22. The van der Waals surface area contributed by atoms with Crippen molar-refractivity contribution in [3.63, 3.8) is 0 Å². The van der Waals surface area contributed by atoms with E-state index < -0.39 is 0 Å². The molecule has 1 aromatic heterocycles. The minimum absolute atomic E-state index is 0.111. The van der Waals surface area contributed by atoms with Crippen LogP contribution in [0.1, 0.15) is 45.9 Å². The Balaban J connectivity index is 2.43. The van der Waals surface area contributed by atoms with Crippen molar-refractivity contribution in [1.82, 2.24) is 5.32 Å². The van der Waals surface area contributed by atoms with E-state index in [1.807, 2.05) is 6.07 Å². The summed E-state index contributed by atoms with van der Waals surface area (Å²) in [7, 11) is 0. The molecule has 1 N–H and O–H groups in total. The standard InChI is InChI=1S/C14H25NO2/c1-11(2)8-15-9-13-12(6-7-16-13)10-17-14(3,4)5/h6-7,11,15H,8-10H2,1-5H3. The van der Waals surface area contributed by atoms with Gasteiger partial charge in [0.15, 0.2) is 0 Å². The molecule has 17 heavy (non-hydrogen) atoms. The summed E-state index contributed by atoms with van der Waals surface area (Å²) >= 11 is 0. The Labute approximate surface area is 105 Å². The number of nitrogens with one attached hydrogen (secondary N) is 1. The van der Waals surface area contributed by atoms with E-state index in [9.17, 15) is 0 Å². The number of furan rings is 1. The van der Waals surface area contributed by atoms with Gasteiger partial charge in [-0.25, -0.2) is 0 Å². The monoisotopic (exact) mass is 239 g/mol. The Morgan fingerprint density at radius 1 is 1.35 bits per heavy atom. The van der Waals surface area contributed by atoms with E-state index in [0.717, 1.165) is 24.4 Å². The molecule has 0 aromatic carbocycles. The first-order valence-electron chi connectivity index (χ1n) is 6.28. The predicted octanol–water partition coefficient (Wildman–Crippen LogP) is 3.34. The van der Waals surface area contributed by atoms with Crippen molar-refractivity contribution < 1.29 is 9.15 Å². The van der Waals surface area contributed by atoms with Gasteiger partial charge in [-0.05, 0) is 39.3 Å². The van der Waals surface area contributed by atoms with Gasteiger partial charge in [-0.15, -0.1) is 0 Å². The van der Waals surface area contributed by atoms with E-state index in [1.165, 1.54) is 0 Å². The molecule has 0 radical (unpaired) electrons. The molecule has 1 rings (SSSR count). The lowest BCUT2D eigenvalue weighted by Gasteiger charge is -2.19. The topological polar surface area (TPSA) is 34.4 Å². The average molecular weight is 239 g/mol. The van der Waals surface area contributed by atoms with E-state index in [4.69, 9.17) is 9.15 Å². The summed E-state index contributed by atoms with van der Waals surface area (Å²) in [6, 6.07) is 1.98. The second-order valence-corrected chi connectivity index (χ2v) is 5.79. The maximum absolute atomic E-state index is 5.75. The molecule has 0 amide bonds. The molecule has 1 heterocycles. The summed E-state index contributed by atoms with van der Waals surface area (Å²) in [5.41, 5.74) is 1.02. The molecule has 1 aromatic rings. The summed E-state index contributed by atoms with van der Waals surface area (Å²) in [4.78, 5) is 0. The van der Waals surface area contributed by atoms with Crippen molar-refractivity contribution in [3.8, 4) is 0 Å². The highest BCUT2D eigenvalue weighted by molar-refractivity contribution is 5.15. The largest absolute Gasteiger partial charge is 0.468 e. The van der Waals surface area contributed by atoms with E-state index in [-0.39, 0.29) is 5.60 Å². The molecular formula is C14H25NO2. The van der Waals surface area contributed by atoms with Gasteiger partial charge in [-0.2, -0.15) is 0 Å². The maximum Gasteiger partial charge on any atom is 0.123 e. The van der Waals surface area contributed by atoms with Crippen molar-refractivity contribution in [2.75, 3.05) is 6.54 Å². The molecule has 0 aliphatic carbocycles. The summed E-state index contributed by atoms with van der Waals surface area (Å²) in [6.07, 6.45) is 1.73. The maximum atomic E-state index is 5.75. The zero-order valence-corrected chi connectivity index (χ0v) is 11.7. The highest BCUT2D eigenvalue weighted by Gasteiger charge is 2.13. The molecule has 3 nitrogen and oxygen atoms in total. The van der Waals surface area contributed by atoms with Gasteiger partial charge in [0, 0.05) is 5.56 Å². The van der Waals surface area contributed by atoms with Crippen LogP contribution in [0.2, 0.25) is 0 Å². The molecule has 0 saturated heterocycles. The first-order valence-corrected chi connectivity index (χ1v) is 6.28. The van der Waals surface area contributed by atoms with Crippen LogP contribution in [0.3, 0.4) is 0 Å². The zero-order chi connectivity index (χ0) is 12.9. The zero-order valence-electron chi connectivity index (χ0n) is 11.7. The van der Waals surface area contributed by atoms with Crippen molar-refractivity contribution in [3.05, 3.63) is 23.7 Å². The fourth-order valence-corrected chi connectivity index (χ4v) is 1.42. The van der Waals surface area contributed by atoms with Crippen LogP contribution in [0.5, 0.6) is 0 Å². The highest BCUT2D eigenvalue weighted by atomic mass is 16.5. The van der Waals surface area contributed by atoms with Crippen LogP contribution in [0.4, 0.5) is 0 Å². The third-order valence-corrected chi connectivity index (χ3v) is 2.34. The molecule has 0 bridgehead atoms. The minimum Gasteiger partial charge on any atom is -0.468 e. The van der Waals surface area contributed by atoms with Gasteiger partial charge in [0.25, 0.3) is 0 Å². The lowest BCUT2D eigenvalue weighted by Crippen LogP contribution is -2.21. The first kappa shape index (κ1) is 14.3. The Morgan fingerprint density at radius 3 is 2.65 bits per heavy atom. The van der Waals surface area contributed by atoms with Crippen LogP contribution in [0, 0.1) is 5.92 Å². The van der Waals surface area contributed by atoms with Crippen LogP contribution in [-0.2, 0) is 17.9 Å². The van der Waals surface area contributed by atoms with E-state index in [1.54, 1.807) is 6.26 Å². The van der Waals surface area contributed by atoms with Crippen LogP contribution in [0.25, 0.3) is 0 Å². The molecule has 0 fully saturated rings. The van der Waals surface area contributed by atoms with Gasteiger partial charge in [0.05, 0.1) is 25.0 Å². The van der Waals surface area contributed by atoms with Crippen LogP contribution < -0.4 is 5.32 Å². The fraction of sp³-hybridized carbons (Fsp3) is 0.714. The SMILES string of the molecule is CC(C)CNCc1occc1COC(C)(C)C. The average Bonchev–Trinajstić information content (AvgIpc) is 2.61. The van der Waals surface area contributed by atoms with E-state index in [2.05, 4.69) is 39.9 Å². The van der Waals surface area contributed by atoms with Crippen molar-refractivity contribution in [2.45, 2.75) is 53.4 Å². The van der Waals surface area contributed by atoms with Crippen molar-refractivity contribution >= 4 is 0 Å². The third kappa shape index (κ3) is 5.89. The molecule has 0 saturated carbocycles. The van der Waals surface area contributed by atoms with E-state index in [0.29, 0.717) is 12.5 Å². The summed E-state index contributed by atoms with van der Waals surface area (Å²) in [6.45, 7) is 12.9. The third-order valence-electron chi connectivity index (χ3n) is 2.34. The second-order valence-electron chi connectivity index (χ2n) is 5.79. The lowest BCUT2D eigenvalue weighted by atomic mass is 10.2. The quantitative estimate of drug-likeness (QED) is 0.826. The van der Waals surface area contributed by atoms with Crippen molar-refractivity contribution in [2.24, 2.45) is 5.92 Å². The molecule has 0 spiro atoms. The molecule has 0 aliphatic rings.